The minimum absolute atomic E-state index is 0.0848. The van der Waals surface area contributed by atoms with Gasteiger partial charge in [0.1, 0.15) is 17.5 Å². The molecule has 3 saturated heterocycles. The van der Waals surface area contributed by atoms with Gasteiger partial charge in [0.05, 0.1) is 5.03 Å². The fourth-order valence-electron chi connectivity index (χ4n) is 4.79. The molecule has 0 aromatic carbocycles. The number of alkyl halides is 1. The van der Waals surface area contributed by atoms with E-state index in [-0.39, 0.29) is 35.7 Å². The summed E-state index contributed by atoms with van der Waals surface area (Å²) in [5.41, 5.74) is 5.95. The van der Waals surface area contributed by atoms with Gasteiger partial charge in [0.15, 0.2) is 5.78 Å². The number of Topliss-reactive ketones (excluding diaryl/α,β-unsaturated/α-hetero) is 1. The van der Waals surface area contributed by atoms with Crippen molar-refractivity contribution < 1.29 is 19.1 Å². The Hall–Kier alpha value is -1.12. The van der Waals surface area contributed by atoms with E-state index in [0.29, 0.717) is 13.0 Å². The number of halogens is 1. The molecular formula is C16H22FN3O3S. The van der Waals surface area contributed by atoms with E-state index in [4.69, 9.17) is 5.73 Å². The molecule has 6 nitrogen and oxygen atoms in total. The summed E-state index contributed by atoms with van der Waals surface area (Å²) in [6.07, 6.45) is 0.387. The van der Waals surface area contributed by atoms with Crippen LogP contribution in [0.4, 0.5) is 4.39 Å². The lowest BCUT2D eigenvalue weighted by Gasteiger charge is -2.58. The molecule has 3 heterocycles. The Labute approximate surface area is 144 Å². The number of aliphatic carboxylic acids is 1. The van der Waals surface area contributed by atoms with E-state index in [2.05, 4.69) is 11.5 Å². The lowest BCUT2D eigenvalue weighted by Crippen LogP contribution is -2.67. The van der Waals surface area contributed by atoms with Crippen molar-refractivity contribution in [3.8, 4) is 0 Å². The maximum absolute atomic E-state index is 14.8. The van der Waals surface area contributed by atoms with Gasteiger partial charge in [-0.25, -0.2) is 4.39 Å². The molecule has 132 valence electrons. The second-order valence-electron chi connectivity index (χ2n) is 7.30. The van der Waals surface area contributed by atoms with Gasteiger partial charge in [-0.3, -0.25) is 14.5 Å². The summed E-state index contributed by atoms with van der Waals surface area (Å²) in [5.74, 6) is -3.06. The zero-order valence-electron chi connectivity index (χ0n) is 13.3. The number of carbonyl (C=O) groups excluding carboxylic acids is 1. The van der Waals surface area contributed by atoms with Crippen LogP contribution in [0.15, 0.2) is 11.6 Å². The molecule has 0 bridgehead atoms. The Morgan fingerprint density at radius 3 is 2.71 bits per heavy atom. The van der Waals surface area contributed by atoms with Gasteiger partial charge in [-0.2, -0.15) is 0 Å². The molecule has 0 radical (unpaired) electrons. The predicted octanol–water partition coefficient (Wildman–Crippen LogP) is 0.634. The van der Waals surface area contributed by atoms with Crippen molar-refractivity contribution in [3.63, 3.8) is 0 Å². The van der Waals surface area contributed by atoms with Crippen molar-refractivity contribution >= 4 is 23.5 Å². The van der Waals surface area contributed by atoms with Gasteiger partial charge in [-0.05, 0) is 19.3 Å². The van der Waals surface area contributed by atoms with Crippen LogP contribution in [0.5, 0.6) is 0 Å². The lowest BCUT2D eigenvalue weighted by atomic mass is 9.71. The van der Waals surface area contributed by atoms with E-state index >= 15 is 0 Å². The molecule has 6 unspecified atom stereocenters. The standard InChI is InChI=1S/C16H22FN3O3S/c1-7-20-11-5-12(19-3-2-8(18)6-19)10(17)4-9(11)14(21)13(16(22)23)15(20)24-7/h8-13,15H,1-6,18H2,(H,22,23)/t8-,9?,10?,11?,12?,13?,15?/m0/s1. The van der Waals surface area contributed by atoms with Crippen molar-refractivity contribution in [3.05, 3.63) is 11.6 Å². The summed E-state index contributed by atoms with van der Waals surface area (Å²) in [6, 6.07) is -0.296. The third-order valence-electron chi connectivity index (χ3n) is 5.97. The Morgan fingerprint density at radius 2 is 2.12 bits per heavy atom. The number of hydrogen-bond donors (Lipinski definition) is 2. The topological polar surface area (TPSA) is 86.9 Å². The molecule has 4 rings (SSSR count). The minimum atomic E-state index is -1.12. The summed E-state index contributed by atoms with van der Waals surface area (Å²) >= 11 is 1.35. The van der Waals surface area contributed by atoms with Crippen LogP contribution in [-0.2, 0) is 9.59 Å². The van der Waals surface area contributed by atoms with Gasteiger partial charge >= 0.3 is 5.97 Å². The molecule has 0 amide bonds. The fourth-order valence-corrected chi connectivity index (χ4v) is 6.06. The van der Waals surface area contributed by atoms with Gasteiger partial charge in [-0.15, -0.1) is 0 Å². The van der Waals surface area contributed by atoms with Crippen LogP contribution in [0, 0.1) is 11.8 Å². The normalized spacial score (nSPS) is 45.6. The molecule has 0 aromatic heterocycles. The van der Waals surface area contributed by atoms with Gasteiger partial charge < -0.3 is 15.7 Å². The number of fused-ring (bicyclic) bond motifs is 3. The molecule has 8 heteroatoms. The number of hydrogen-bond acceptors (Lipinski definition) is 6. The van der Waals surface area contributed by atoms with E-state index in [9.17, 15) is 19.1 Å². The Kier molecular flexibility index (Phi) is 3.89. The molecule has 3 aliphatic heterocycles. The number of thioether (sulfide) groups is 1. The highest BCUT2D eigenvalue weighted by Gasteiger charge is 2.60. The first-order valence-electron chi connectivity index (χ1n) is 8.42. The van der Waals surface area contributed by atoms with Crippen molar-refractivity contribution in [1.29, 1.82) is 0 Å². The summed E-state index contributed by atoms with van der Waals surface area (Å²) in [5, 5.41) is 9.83. The highest BCUT2D eigenvalue weighted by Crippen LogP contribution is 2.54. The average molecular weight is 355 g/mol. The number of nitrogens with two attached hydrogens (primary N) is 1. The molecule has 24 heavy (non-hydrogen) atoms. The van der Waals surface area contributed by atoms with Crippen LogP contribution in [0.2, 0.25) is 0 Å². The first-order valence-corrected chi connectivity index (χ1v) is 9.30. The predicted molar refractivity (Wildman–Crippen MR) is 87.9 cm³/mol. The number of carboxylic acids is 1. The smallest absolute Gasteiger partial charge is 0.317 e. The highest BCUT2D eigenvalue weighted by molar-refractivity contribution is 8.05. The molecule has 1 aliphatic carbocycles. The summed E-state index contributed by atoms with van der Waals surface area (Å²) in [7, 11) is 0. The average Bonchev–Trinajstić information content (AvgIpc) is 2.93. The van der Waals surface area contributed by atoms with E-state index in [1.54, 1.807) is 0 Å². The van der Waals surface area contributed by atoms with Crippen LogP contribution < -0.4 is 5.73 Å². The molecule has 4 aliphatic rings. The van der Waals surface area contributed by atoms with Crippen LogP contribution in [-0.4, -0.2) is 69.4 Å². The monoisotopic (exact) mass is 355 g/mol. The maximum atomic E-state index is 14.8. The van der Waals surface area contributed by atoms with Gasteiger partial charge in [-0.1, -0.05) is 18.3 Å². The number of piperidine rings is 1. The zero-order chi connectivity index (χ0) is 17.2. The Bertz CT molecular complexity index is 603. The molecular weight excluding hydrogens is 333 g/mol. The number of rotatable bonds is 2. The molecule has 1 saturated carbocycles. The molecule has 0 spiro atoms. The first-order chi connectivity index (χ1) is 11.4. The van der Waals surface area contributed by atoms with E-state index in [0.717, 1.165) is 18.0 Å². The van der Waals surface area contributed by atoms with Crippen molar-refractivity contribution in [1.82, 2.24) is 9.80 Å². The van der Waals surface area contributed by atoms with Gasteiger partial charge in [0.25, 0.3) is 0 Å². The second kappa shape index (κ2) is 5.71. The lowest BCUT2D eigenvalue weighted by molar-refractivity contribution is -0.156. The largest absolute Gasteiger partial charge is 0.481 e. The Balaban J connectivity index is 1.59. The molecule has 0 aromatic rings. The highest BCUT2D eigenvalue weighted by atomic mass is 32.2. The summed E-state index contributed by atoms with van der Waals surface area (Å²) in [4.78, 5) is 28.3. The fraction of sp³-hybridized carbons (Fsp3) is 0.750. The number of carbonyl (C=O) groups is 2. The van der Waals surface area contributed by atoms with Crippen LogP contribution in [0.3, 0.4) is 0 Å². The molecule has 7 atom stereocenters. The van der Waals surface area contributed by atoms with E-state index in [1.165, 1.54) is 11.8 Å². The third-order valence-corrected chi connectivity index (χ3v) is 7.19. The van der Waals surface area contributed by atoms with E-state index in [1.807, 2.05) is 4.90 Å². The van der Waals surface area contributed by atoms with Crippen LogP contribution in [0.1, 0.15) is 19.3 Å². The molecule has 3 N–H and O–H groups in total. The first kappa shape index (κ1) is 16.4. The van der Waals surface area contributed by atoms with Crippen LogP contribution in [0.25, 0.3) is 0 Å². The van der Waals surface area contributed by atoms with Crippen molar-refractivity contribution in [2.75, 3.05) is 13.1 Å². The zero-order valence-corrected chi connectivity index (χ0v) is 14.1. The molecule has 4 fully saturated rings. The minimum Gasteiger partial charge on any atom is -0.481 e. The van der Waals surface area contributed by atoms with Crippen molar-refractivity contribution in [2.45, 2.75) is 48.9 Å². The quantitative estimate of drug-likeness (QED) is 0.703. The van der Waals surface area contributed by atoms with Gasteiger partial charge in [0.2, 0.25) is 0 Å². The number of nitrogens with zero attached hydrogens (tertiary/aromatic N) is 2. The van der Waals surface area contributed by atoms with E-state index < -0.39 is 24.0 Å². The maximum Gasteiger partial charge on any atom is 0.317 e. The second-order valence-corrected chi connectivity index (χ2v) is 8.49. The summed E-state index contributed by atoms with van der Waals surface area (Å²) < 4.78 is 14.8. The third kappa shape index (κ3) is 2.30. The number of carboxylic acid groups (broad SMARTS) is 1. The van der Waals surface area contributed by atoms with Crippen LogP contribution >= 0.6 is 11.8 Å². The van der Waals surface area contributed by atoms with Gasteiger partial charge in [0, 0.05) is 37.1 Å². The number of ketones is 1. The van der Waals surface area contributed by atoms with Crippen molar-refractivity contribution in [2.24, 2.45) is 17.6 Å². The Morgan fingerprint density at radius 1 is 1.38 bits per heavy atom. The summed E-state index contributed by atoms with van der Waals surface area (Å²) in [6.45, 7) is 5.44. The number of likely N-dealkylation sites (tertiary alicyclic amines) is 1. The SMILES string of the molecule is C=C1SC2C(C(=O)O)C(=O)C3CC(F)C(N4CC[C@H](N)C4)CC3N12.